The Morgan fingerprint density at radius 2 is 1.94 bits per heavy atom. The number of guanidine groups is 1. The first-order valence-corrected chi connectivity index (χ1v) is 10.1. The number of anilines is 2. The second kappa shape index (κ2) is 8.12. The van der Waals surface area contributed by atoms with Crippen LogP contribution in [0.1, 0.15) is 11.1 Å². The average molecular weight is 453 g/mol. The quantitative estimate of drug-likeness (QED) is 0.595. The molecular weight excluding hydrogens is 435 g/mol. The fourth-order valence-electron chi connectivity index (χ4n) is 3.78. The molecule has 0 aliphatic carbocycles. The predicted molar refractivity (Wildman–Crippen MR) is 117 cm³/mol. The van der Waals surface area contributed by atoms with Crippen molar-refractivity contribution in [1.29, 1.82) is 0 Å². The third-order valence-electron chi connectivity index (χ3n) is 5.25. The number of hydrogen-bond acceptors (Lipinski definition) is 5. The summed E-state index contributed by atoms with van der Waals surface area (Å²) in [6.07, 6.45) is 0.764. The molecular formula is C23H18F3N5O2. The molecule has 0 fully saturated rings. The van der Waals surface area contributed by atoms with Crippen LogP contribution in [0.5, 0.6) is 5.75 Å². The molecule has 5 rings (SSSR count). The molecule has 0 N–H and O–H groups in total. The van der Waals surface area contributed by atoms with Crippen molar-refractivity contribution in [2.24, 2.45) is 4.99 Å². The molecule has 3 heterocycles. The van der Waals surface area contributed by atoms with Gasteiger partial charge in [0.05, 0.1) is 24.0 Å². The van der Waals surface area contributed by atoms with Crippen LogP contribution in [0.25, 0.3) is 6.20 Å². The molecule has 33 heavy (non-hydrogen) atoms. The molecule has 0 radical (unpaired) electrons. The topological polar surface area (TPSA) is 63.0 Å². The lowest BCUT2D eigenvalue weighted by Crippen LogP contribution is -2.52. The van der Waals surface area contributed by atoms with Gasteiger partial charge < -0.3 is 4.74 Å². The number of carbonyl (C=O) groups excluding carboxylic acids is 1. The summed E-state index contributed by atoms with van der Waals surface area (Å²) in [5.41, 5.74) is 0.0526. The number of nitrogens with zero attached hydrogens (tertiary/aromatic N) is 5. The number of rotatable bonds is 4. The number of para-hydroxylation sites is 1. The maximum atomic E-state index is 13.4. The van der Waals surface area contributed by atoms with Crippen molar-refractivity contribution in [2.75, 3.05) is 23.0 Å². The molecule has 1 amide bonds. The van der Waals surface area contributed by atoms with E-state index in [1.807, 2.05) is 12.1 Å². The van der Waals surface area contributed by atoms with E-state index in [2.05, 4.69) is 10.1 Å². The third kappa shape index (κ3) is 3.95. The third-order valence-corrected chi connectivity index (χ3v) is 5.25. The summed E-state index contributed by atoms with van der Waals surface area (Å²) in [4.78, 5) is 20.8. The molecule has 1 aromatic heterocycles. The molecule has 0 unspecified atom stereocenters. The van der Waals surface area contributed by atoms with Gasteiger partial charge in [-0.25, -0.2) is 14.6 Å². The summed E-state index contributed by atoms with van der Waals surface area (Å²) in [6.45, 7) is 0.256. The van der Waals surface area contributed by atoms with E-state index in [-0.39, 0.29) is 24.8 Å². The molecule has 2 aliphatic heterocycles. The molecule has 3 aromatic rings. The Balaban J connectivity index is 1.53. The maximum Gasteiger partial charge on any atom is 0.416 e. The van der Waals surface area contributed by atoms with Gasteiger partial charge in [-0.2, -0.15) is 18.3 Å². The van der Waals surface area contributed by atoms with Crippen LogP contribution in [0.3, 0.4) is 0 Å². The first-order chi connectivity index (χ1) is 15.9. The lowest BCUT2D eigenvalue weighted by atomic mass is 10.1. The molecule has 168 valence electrons. The highest BCUT2D eigenvalue weighted by Crippen LogP contribution is 2.34. The van der Waals surface area contributed by atoms with E-state index < -0.39 is 17.6 Å². The van der Waals surface area contributed by atoms with Crippen LogP contribution in [0.15, 0.2) is 71.9 Å². The van der Waals surface area contributed by atoms with Crippen molar-refractivity contribution < 1.29 is 22.7 Å². The number of aliphatic imine (C=N–C) groups is 1. The summed E-state index contributed by atoms with van der Waals surface area (Å²) in [6, 6.07) is 13.3. The monoisotopic (exact) mass is 453 g/mol. The summed E-state index contributed by atoms with van der Waals surface area (Å²) in [5, 5.41) is 4.29. The molecule has 0 bridgehead atoms. The van der Waals surface area contributed by atoms with Gasteiger partial charge in [0.15, 0.2) is 6.61 Å². The lowest BCUT2D eigenvalue weighted by molar-refractivity contribution is -0.137. The normalized spacial score (nSPS) is 14.5. The van der Waals surface area contributed by atoms with Crippen LogP contribution in [0.4, 0.5) is 24.7 Å². The van der Waals surface area contributed by atoms with Crippen molar-refractivity contribution in [3.05, 3.63) is 78.0 Å². The van der Waals surface area contributed by atoms with E-state index in [1.165, 1.54) is 17.0 Å². The number of alkyl halides is 3. The summed E-state index contributed by atoms with van der Waals surface area (Å²) in [5.74, 6) is 0.869. The maximum absolute atomic E-state index is 13.4. The fraction of sp³-hybridized carbons (Fsp3) is 0.174. The highest BCUT2D eigenvalue weighted by molar-refractivity contribution is 6.22. The predicted octanol–water partition coefficient (Wildman–Crippen LogP) is 4.17. The number of amides is 1. The Kier molecular flexibility index (Phi) is 5.12. The zero-order valence-electron chi connectivity index (χ0n) is 17.2. The van der Waals surface area contributed by atoms with E-state index in [4.69, 9.17) is 4.74 Å². The standard InChI is InChI=1S/C23H18F3N5O2/c24-23(25,26)17-6-4-7-18(12-17)31(20(32)15-33-19-8-2-1-3-9-19)22-27-13-16-14-28-30-11-5-10-29(22)21(16)30/h1-9,11-12,14H,10,13,15H2. The van der Waals surface area contributed by atoms with Crippen LogP contribution < -0.4 is 14.5 Å². The molecule has 2 aliphatic rings. The zero-order chi connectivity index (χ0) is 23.0. The second-order valence-electron chi connectivity index (χ2n) is 7.43. The van der Waals surface area contributed by atoms with E-state index in [0.717, 1.165) is 23.5 Å². The van der Waals surface area contributed by atoms with Gasteiger partial charge in [0.25, 0.3) is 5.91 Å². The van der Waals surface area contributed by atoms with Crippen molar-refractivity contribution in [2.45, 2.75) is 12.7 Å². The highest BCUT2D eigenvalue weighted by Gasteiger charge is 2.36. The van der Waals surface area contributed by atoms with Gasteiger partial charge >= 0.3 is 6.18 Å². The van der Waals surface area contributed by atoms with Gasteiger partial charge in [-0.1, -0.05) is 24.3 Å². The van der Waals surface area contributed by atoms with Crippen molar-refractivity contribution >= 4 is 29.6 Å². The summed E-state index contributed by atoms with van der Waals surface area (Å²) in [7, 11) is 0. The number of benzene rings is 2. The van der Waals surface area contributed by atoms with Crippen molar-refractivity contribution in [1.82, 2.24) is 9.78 Å². The van der Waals surface area contributed by atoms with Crippen LogP contribution in [0, 0.1) is 0 Å². The van der Waals surface area contributed by atoms with Crippen LogP contribution in [-0.4, -0.2) is 34.8 Å². The van der Waals surface area contributed by atoms with E-state index in [9.17, 15) is 18.0 Å². The summed E-state index contributed by atoms with van der Waals surface area (Å²) >= 11 is 0. The molecule has 0 spiro atoms. The average Bonchev–Trinajstić information content (AvgIpc) is 3.24. The molecule has 10 heteroatoms. The number of ether oxygens (including phenoxy) is 1. The minimum Gasteiger partial charge on any atom is -0.484 e. The van der Waals surface area contributed by atoms with Gasteiger partial charge in [0.1, 0.15) is 11.6 Å². The Hall–Kier alpha value is -4.08. The van der Waals surface area contributed by atoms with Gasteiger partial charge in [-0.3, -0.25) is 9.69 Å². The van der Waals surface area contributed by atoms with Crippen molar-refractivity contribution in [3.63, 3.8) is 0 Å². The molecule has 0 saturated heterocycles. The number of aromatic nitrogens is 2. The number of hydrogen-bond donors (Lipinski definition) is 0. The largest absolute Gasteiger partial charge is 0.484 e. The minimum atomic E-state index is -4.56. The van der Waals surface area contributed by atoms with Crippen LogP contribution in [-0.2, 0) is 17.5 Å². The first-order valence-electron chi connectivity index (χ1n) is 10.1. The van der Waals surface area contributed by atoms with Gasteiger partial charge in [0.2, 0.25) is 5.96 Å². The minimum absolute atomic E-state index is 0.0503. The fourth-order valence-corrected chi connectivity index (χ4v) is 3.78. The van der Waals surface area contributed by atoms with Gasteiger partial charge in [0, 0.05) is 18.3 Å². The van der Waals surface area contributed by atoms with E-state index in [1.54, 1.807) is 46.2 Å². The molecule has 2 aromatic carbocycles. The Morgan fingerprint density at radius 3 is 2.73 bits per heavy atom. The van der Waals surface area contributed by atoms with Crippen LogP contribution in [0.2, 0.25) is 0 Å². The summed E-state index contributed by atoms with van der Waals surface area (Å²) < 4.78 is 47.5. The van der Waals surface area contributed by atoms with E-state index in [0.29, 0.717) is 12.3 Å². The molecule has 7 nitrogen and oxygen atoms in total. The highest BCUT2D eigenvalue weighted by atomic mass is 19.4. The Bertz CT molecular complexity index is 1250. The first kappa shape index (κ1) is 20.8. The van der Waals surface area contributed by atoms with Gasteiger partial charge in [-0.15, -0.1) is 0 Å². The van der Waals surface area contributed by atoms with Crippen molar-refractivity contribution in [3.8, 4) is 5.75 Å². The number of carbonyl (C=O) groups is 1. The molecule has 0 saturated carbocycles. The molecule has 0 atom stereocenters. The SMILES string of the molecule is O=C(COc1ccccc1)N(C1=NCc2cnn3c2N1CC=C3)c1cccc(C(F)(F)F)c1. The lowest BCUT2D eigenvalue weighted by Gasteiger charge is -2.36. The Morgan fingerprint density at radius 1 is 1.12 bits per heavy atom. The van der Waals surface area contributed by atoms with E-state index >= 15 is 0 Å². The Labute approximate surface area is 187 Å². The zero-order valence-corrected chi connectivity index (χ0v) is 17.2. The van der Waals surface area contributed by atoms with Gasteiger partial charge in [-0.05, 0) is 36.4 Å². The number of halogens is 3. The van der Waals surface area contributed by atoms with Crippen LogP contribution >= 0.6 is 0 Å². The second-order valence-corrected chi connectivity index (χ2v) is 7.43. The smallest absolute Gasteiger partial charge is 0.416 e.